The summed E-state index contributed by atoms with van der Waals surface area (Å²) in [5.74, 6) is -1.58. The topological polar surface area (TPSA) is 71.2 Å². The third-order valence-corrected chi connectivity index (χ3v) is 2.73. The van der Waals surface area contributed by atoms with E-state index in [9.17, 15) is 9.59 Å². The zero-order valence-corrected chi connectivity index (χ0v) is 10.0. The lowest BCUT2D eigenvalue weighted by Crippen LogP contribution is -2.33. The van der Waals surface area contributed by atoms with Crippen LogP contribution in [0, 0.1) is 0 Å². The minimum absolute atomic E-state index is 0.399. The summed E-state index contributed by atoms with van der Waals surface area (Å²) in [6, 6.07) is 7.93. The fourth-order valence-electron chi connectivity index (χ4n) is 1.81. The highest BCUT2D eigenvalue weighted by Gasteiger charge is 2.12. The van der Waals surface area contributed by atoms with Gasteiger partial charge >= 0.3 is 11.9 Å². The zero-order valence-electron chi connectivity index (χ0n) is 10.0. The van der Waals surface area contributed by atoms with Crippen molar-refractivity contribution in [1.82, 2.24) is 10.3 Å². The lowest BCUT2D eigenvalue weighted by Gasteiger charge is -2.02. The van der Waals surface area contributed by atoms with Crippen LogP contribution in [0.1, 0.15) is 5.56 Å². The summed E-state index contributed by atoms with van der Waals surface area (Å²) in [7, 11) is 1.18. The lowest BCUT2D eigenvalue weighted by atomic mass is 10.1. The molecule has 0 unspecified atom stereocenters. The number of para-hydroxylation sites is 1. The van der Waals surface area contributed by atoms with Crippen LogP contribution in [0.25, 0.3) is 10.9 Å². The van der Waals surface area contributed by atoms with Crippen molar-refractivity contribution < 1.29 is 14.3 Å². The molecule has 0 saturated carbocycles. The Morgan fingerprint density at radius 1 is 1.33 bits per heavy atom. The Kier molecular flexibility index (Phi) is 3.62. The number of aromatic amines is 1. The molecule has 1 amide bonds. The number of nitrogens with one attached hydrogen (secondary N) is 2. The van der Waals surface area contributed by atoms with E-state index in [0.717, 1.165) is 16.5 Å². The van der Waals surface area contributed by atoms with E-state index < -0.39 is 11.9 Å². The summed E-state index contributed by atoms with van der Waals surface area (Å²) in [5.41, 5.74) is 2.17. The molecule has 0 atom stereocenters. The van der Waals surface area contributed by atoms with Gasteiger partial charge in [0.05, 0.1) is 7.11 Å². The van der Waals surface area contributed by atoms with Crippen LogP contribution in [0.5, 0.6) is 0 Å². The van der Waals surface area contributed by atoms with Gasteiger partial charge in [-0.1, -0.05) is 18.2 Å². The summed E-state index contributed by atoms with van der Waals surface area (Å²) in [4.78, 5) is 25.2. The Balaban J connectivity index is 1.95. The molecule has 2 N–H and O–H groups in total. The molecule has 0 aliphatic carbocycles. The molecule has 5 nitrogen and oxygen atoms in total. The van der Waals surface area contributed by atoms with Crippen molar-refractivity contribution in [2.45, 2.75) is 6.42 Å². The maximum Gasteiger partial charge on any atom is 0.396 e. The first-order chi connectivity index (χ1) is 8.72. The van der Waals surface area contributed by atoms with Gasteiger partial charge in [0, 0.05) is 23.6 Å². The van der Waals surface area contributed by atoms with Gasteiger partial charge in [-0.15, -0.1) is 0 Å². The number of carbonyl (C=O) groups excluding carboxylic acids is 2. The molecular weight excluding hydrogens is 232 g/mol. The Labute approximate surface area is 104 Å². The van der Waals surface area contributed by atoms with Gasteiger partial charge in [0.1, 0.15) is 0 Å². The molecule has 2 rings (SSSR count). The largest absolute Gasteiger partial charge is 0.462 e. The Morgan fingerprint density at radius 2 is 2.11 bits per heavy atom. The quantitative estimate of drug-likeness (QED) is 0.627. The molecule has 18 heavy (non-hydrogen) atoms. The molecule has 0 aliphatic heterocycles. The summed E-state index contributed by atoms with van der Waals surface area (Å²) >= 11 is 0. The maximum absolute atomic E-state index is 11.2. The average Bonchev–Trinajstić information content (AvgIpc) is 2.81. The van der Waals surface area contributed by atoms with Crippen molar-refractivity contribution in [1.29, 1.82) is 0 Å². The first-order valence-electron chi connectivity index (χ1n) is 5.63. The third-order valence-electron chi connectivity index (χ3n) is 2.73. The SMILES string of the molecule is COC(=O)C(=O)NCCc1c[nH]c2ccccc12. The van der Waals surface area contributed by atoms with E-state index in [-0.39, 0.29) is 0 Å². The molecule has 5 heteroatoms. The molecule has 0 bridgehead atoms. The number of amides is 1. The number of fused-ring (bicyclic) bond motifs is 1. The van der Waals surface area contributed by atoms with Gasteiger partial charge in [-0.25, -0.2) is 4.79 Å². The molecule has 0 radical (unpaired) electrons. The first-order valence-corrected chi connectivity index (χ1v) is 5.63. The predicted molar refractivity (Wildman–Crippen MR) is 67.0 cm³/mol. The fraction of sp³-hybridized carbons (Fsp3) is 0.231. The highest BCUT2D eigenvalue weighted by molar-refractivity contribution is 6.32. The number of carbonyl (C=O) groups is 2. The smallest absolute Gasteiger partial charge is 0.396 e. The van der Waals surface area contributed by atoms with Gasteiger partial charge < -0.3 is 15.0 Å². The van der Waals surface area contributed by atoms with E-state index in [1.54, 1.807) is 0 Å². The molecule has 94 valence electrons. The second-order valence-electron chi connectivity index (χ2n) is 3.86. The van der Waals surface area contributed by atoms with Gasteiger partial charge in [-0.05, 0) is 18.1 Å². The number of ether oxygens (including phenoxy) is 1. The third kappa shape index (κ3) is 2.51. The zero-order chi connectivity index (χ0) is 13.0. The van der Waals surface area contributed by atoms with Gasteiger partial charge in [-0.2, -0.15) is 0 Å². The maximum atomic E-state index is 11.2. The molecule has 1 heterocycles. The summed E-state index contributed by atoms with van der Waals surface area (Å²) in [6.07, 6.45) is 2.57. The average molecular weight is 246 g/mol. The van der Waals surface area contributed by atoms with Crippen LogP contribution < -0.4 is 5.32 Å². The van der Waals surface area contributed by atoms with E-state index in [1.165, 1.54) is 7.11 Å². The number of hydrogen-bond donors (Lipinski definition) is 2. The minimum Gasteiger partial charge on any atom is -0.462 e. The second kappa shape index (κ2) is 5.35. The van der Waals surface area contributed by atoms with Crippen molar-refractivity contribution in [3.05, 3.63) is 36.0 Å². The van der Waals surface area contributed by atoms with E-state index in [4.69, 9.17) is 0 Å². The molecule has 0 spiro atoms. The highest BCUT2D eigenvalue weighted by Crippen LogP contribution is 2.17. The monoisotopic (exact) mass is 246 g/mol. The normalized spacial score (nSPS) is 10.3. The Bertz CT molecular complexity index is 574. The van der Waals surface area contributed by atoms with Crippen molar-refractivity contribution in [2.24, 2.45) is 0 Å². The van der Waals surface area contributed by atoms with Crippen molar-refractivity contribution in [3.63, 3.8) is 0 Å². The van der Waals surface area contributed by atoms with Crippen LogP contribution in [0.2, 0.25) is 0 Å². The number of rotatable bonds is 3. The van der Waals surface area contributed by atoms with Crippen molar-refractivity contribution >= 4 is 22.8 Å². The number of hydrogen-bond acceptors (Lipinski definition) is 3. The van der Waals surface area contributed by atoms with Gasteiger partial charge in [0.25, 0.3) is 0 Å². The van der Waals surface area contributed by atoms with E-state index in [2.05, 4.69) is 15.0 Å². The minimum atomic E-state index is -0.867. The molecule has 0 fully saturated rings. The van der Waals surface area contributed by atoms with Crippen LogP contribution in [0.15, 0.2) is 30.5 Å². The van der Waals surface area contributed by atoms with Crippen molar-refractivity contribution in [2.75, 3.05) is 13.7 Å². The summed E-state index contributed by atoms with van der Waals surface area (Å²) in [6.45, 7) is 0.399. The number of H-pyrrole nitrogens is 1. The van der Waals surface area contributed by atoms with E-state index in [0.29, 0.717) is 13.0 Å². The number of esters is 1. The Hall–Kier alpha value is -2.30. The first kappa shape index (κ1) is 12.2. The molecular formula is C13H14N2O3. The molecule has 2 aromatic rings. The predicted octanol–water partition coefficient (Wildman–Crippen LogP) is 1.000. The van der Waals surface area contributed by atoms with Gasteiger partial charge in [0.2, 0.25) is 0 Å². The summed E-state index contributed by atoms with van der Waals surface area (Å²) < 4.78 is 4.31. The molecule has 0 aliphatic rings. The second-order valence-corrected chi connectivity index (χ2v) is 3.86. The lowest BCUT2D eigenvalue weighted by molar-refractivity contribution is -0.152. The van der Waals surface area contributed by atoms with Gasteiger partial charge in [-0.3, -0.25) is 4.79 Å². The molecule has 1 aromatic carbocycles. The summed E-state index contributed by atoms with van der Waals surface area (Å²) in [5, 5.41) is 3.64. The number of methoxy groups -OCH3 is 1. The number of aromatic nitrogens is 1. The fourth-order valence-corrected chi connectivity index (χ4v) is 1.81. The molecule has 0 saturated heterocycles. The standard InChI is InChI=1S/C13H14N2O3/c1-18-13(17)12(16)14-7-6-9-8-15-11-5-3-2-4-10(9)11/h2-5,8,15H,6-7H2,1H3,(H,14,16). The van der Waals surface area contributed by atoms with Crippen LogP contribution in [0.4, 0.5) is 0 Å². The van der Waals surface area contributed by atoms with Gasteiger partial charge in [0.15, 0.2) is 0 Å². The highest BCUT2D eigenvalue weighted by atomic mass is 16.5. The van der Waals surface area contributed by atoms with Crippen LogP contribution >= 0.6 is 0 Å². The van der Waals surface area contributed by atoms with E-state index >= 15 is 0 Å². The van der Waals surface area contributed by atoms with E-state index in [1.807, 2.05) is 30.5 Å². The van der Waals surface area contributed by atoms with Crippen LogP contribution in [0.3, 0.4) is 0 Å². The molecule has 1 aromatic heterocycles. The number of benzene rings is 1. The Morgan fingerprint density at radius 3 is 2.89 bits per heavy atom. The van der Waals surface area contributed by atoms with Crippen molar-refractivity contribution in [3.8, 4) is 0 Å². The van der Waals surface area contributed by atoms with Crippen LogP contribution in [-0.2, 0) is 20.7 Å². The van der Waals surface area contributed by atoms with Crippen LogP contribution in [-0.4, -0.2) is 30.5 Å².